The number of nitrogens with zero attached hydrogens (tertiary/aromatic N) is 1. The molecule has 0 aliphatic rings. The van der Waals surface area contributed by atoms with Crippen LogP contribution in [-0.4, -0.2) is 17.6 Å². The summed E-state index contributed by atoms with van der Waals surface area (Å²) >= 11 is 0. The van der Waals surface area contributed by atoms with Crippen LogP contribution in [0.1, 0.15) is 30.3 Å². The van der Waals surface area contributed by atoms with Gasteiger partial charge in [-0.2, -0.15) is 0 Å². The Morgan fingerprint density at radius 3 is 2.79 bits per heavy atom. The van der Waals surface area contributed by atoms with Crippen molar-refractivity contribution in [3.05, 3.63) is 41.2 Å². The molecule has 0 saturated heterocycles. The van der Waals surface area contributed by atoms with Crippen molar-refractivity contribution in [2.45, 2.75) is 33.6 Å². The summed E-state index contributed by atoms with van der Waals surface area (Å²) in [6.07, 6.45) is 1.02. The lowest BCUT2D eigenvalue weighted by molar-refractivity contribution is -0.143. The highest BCUT2D eigenvalue weighted by Gasteiger charge is 2.06. The molecular weight excluding hydrogens is 238 g/mol. The van der Waals surface area contributed by atoms with E-state index in [0.29, 0.717) is 19.4 Å². The van der Waals surface area contributed by atoms with Crippen LogP contribution in [0.2, 0.25) is 0 Å². The summed E-state index contributed by atoms with van der Waals surface area (Å²) in [7, 11) is 0. The van der Waals surface area contributed by atoms with Crippen molar-refractivity contribution < 1.29 is 9.53 Å². The first-order chi connectivity index (χ1) is 9.10. The Labute approximate surface area is 113 Å². The fourth-order valence-electron chi connectivity index (χ4n) is 2.21. The van der Waals surface area contributed by atoms with E-state index in [2.05, 4.69) is 36.2 Å². The number of aromatic nitrogens is 1. The molecule has 2 aromatic rings. The highest BCUT2D eigenvalue weighted by molar-refractivity contribution is 5.85. The summed E-state index contributed by atoms with van der Waals surface area (Å²) < 4.78 is 4.93. The van der Waals surface area contributed by atoms with Crippen LogP contribution in [0.15, 0.2) is 24.3 Å². The van der Waals surface area contributed by atoms with E-state index in [9.17, 15) is 4.79 Å². The van der Waals surface area contributed by atoms with Crippen molar-refractivity contribution in [2.24, 2.45) is 0 Å². The average molecular weight is 257 g/mol. The number of benzene rings is 1. The number of ether oxygens (including phenoxy) is 1. The smallest absolute Gasteiger partial charge is 0.306 e. The zero-order valence-corrected chi connectivity index (χ0v) is 11.7. The first-order valence-electron chi connectivity index (χ1n) is 6.62. The standard InChI is InChI=1S/C16H19NO2/c1-4-19-16(18)8-6-14-10-13-9-11(2)5-7-15(13)12(3)17-14/h5,7,9-10H,4,6,8H2,1-3H3. The van der Waals surface area contributed by atoms with E-state index >= 15 is 0 Å². The topological polar surface area (TPSA) is 39.2 Å². The maximum absolute atomic E-state index is 11.4. The van der Waals surface area contributed by atoms with Crippen molar-refractivity contribution in [2.75, 3.05) is 6.61 Å². The molecule has 0 spiro atoms. The van der Waals surface area contributed by atoms with Crippen LogP contribution in [0, 0.1) is 13.8 Å². The number of hydrogen-bond donors (Lipinski definition) is 0. The quantitative estimate of drug-likeness (QED) is 0.788. The van der Waals surface area contributed by atoms with Gasteiger partial charge in [-0.05, 0) is 32.2 Å². The molecule has 1 aromatic carbocycles. The number of fused-ring (bicyclic) bond motifs is 1. The third-order valence-corrected chi connectivity index (χ3v) is 3.12. The maximum atomic E-state index is 11.4. The van der Waals surface area contributed by atoms with Gasteiger partial charge in [-0.1, -0.05) is 23.8 Å². The number of hydrogen-bond acceptors (Lipinski definition) is 3. The third kappa shape index (κ3) is 3.31. The van der Waals surface area contributed by atoms with Gasteiger partial charge in [-0.25, -0.2) is 0 Å². The first-order valence-corrected chi connectivity index (χ1v) is 6.62. The minimum absolute atomic E-state index is 0.161. The highest BCUT2D eigenvalue weighted by Crippen LogP contribution is 2.20. The number of pyridine rings is 1. The lowest BCUT2D eigenvalue weighted by Gasteiger charge is -2.07. The summed E-state index contributed by atoms with van der Waals surface area (Å²) in [4.78, 5) is 15.9. The lowest BCUT2D eigenvalue weighted by atomic mass is 10.0. The van der Waals surface area contributed by atoms with Gasteiger partial charge in [-0.15, -0.1) is 0 Å². The molecule has 0 aliphatic heterocycles. The molecule has 1 aromatic heterocycles. The van der Waals surface area contributed by atoms with E-state index in [1.165, 1.54) is 16.3 Å². The Bertz CT molecular complexity index is 605. The molecule has 0 amide bonds. The van der Waals surface area contributed by atoms with E-state index in [1.807, 2.05) is 13.8 Å². The van der Waals surface area contributed by atoms with Crippen molar-refractivity contribution in [3.63, 3.8) is 0 Å². The van der Waals surface area contributed by atoms with Crippen LogP contribution >= 0.6 is 0 Å². The molecule has 100 valence electrons. The molecule has 2 rings (SSSR count). The molecule has 19 heavy (non-hydrogen) atoms. The summed E-state index contributed by atoms with van der Waals surface area (Å²) in [6.45, 7) is 6.33. The Morgan fingerprint density at radius 2 is 2.05 bits per heavy atom. The van der Waals surface area contributed by atoms with Gasteiger partial charge in [0.25, 0.3) is 0 Å². The number of carbonyl (C=O) groups excluding carboxylic acids is 1. The summed E-state index contributed by atoms with van der Waals surface area (Å²) in [6, 6.07) is 8.41. The zero-order chi connectivity index (χ0) is 13.8. The minimum Gasteiger partial charge on any atom is -0.466 e. The highest BCUT2D eigenvalue weighted by atomic mass is 16.5. The van der Waals surface area contributed by atoms with E-state index in [4.69, 9.17) is 4.74 Å². The third-order valence-electron chi connectivity index (χ3n) is 3.12. The summed E-state index contributed by atoms with van der Waals surface area (Å²) in [5.41, 5.74) is 3.19. The van der Waals surface area contributed by atoms with E-state index in [0.717, 1.165) is 11.4 Å². The molecule has 0 unspecified atom stereocenters. The largest absolute Gasteiger partial charge is 0.466 e. The molecule has 0 aliphatic carbocycles. The second-order valence-electron chi connectivity index (χ2n) is 4.73. The molecule has 0 radical (unpaired) electrons. The second kappa shape index (κ2) is 5.83. The van der Waals surface area contributed by atoms with Crippen LogP contribution in [0.3, 0.4) is 0 Å². The average Bonchev–Trinajstić information content (AvgIpc) is 2.36. The van der Waals surface area contributed by atoms with Crippen LogP contribution in [0.25, 0.3) is 10.8 Å². The van der Waals surface area contributed by atoms with Crippen LogP contribution < -0.4 is 0 Å². The van der Waals surface area contributed by atoms with Gasteiger partial charge in [0, 0.05) is 23.2 Å². The van der Waals surface area contributed by atoms with Crippen molar-refractivity contribution >= 4 is 16.7 Å². The van der Waals surface area contributed by atoms with Gasteiger partial charge < -0.3 is 4.74 Å². The monoisotopic (exact) mass is 257 g/mol. The lowest BCUT2D eigenvalue weighted by Crippen LogP contribution is -2.06. The van der Waals surface area contributed by atoms with Gasteiger partial charge in [0.15, 0.2) is 0 Å². The fourth-order valence-corrected chi connectivity index (χ4v) is 2.21. The van der Waals surface area contributed by atoms with Gasteiger partial charge in [0.2, 0.25) is 0 Å². The summed E-state index contributed by atoms with van der Waals surface area (Å²) in [5, 5.41) is 2.36. The molecule has 0 N–H and O–H groups in total. The second-order valence-corrected chi connectivity index (χ2v) is 4.73. The molecule has 0 fully saturated rings. The predicted octanol–water partition coefficient (Wildman–Crippen LogP) is 3.35. The minimum atomic E-state index is -0.161. The summed E-state index contributed by atoms with van der Waals surface area (Å²) in [5.74, 6) is -0.161. The van der Waals surface area contributed by atoms with Crippen LogP contribution in [-0.2, 0) is 16.0 Å². The SMILES string of the molecule is CCOC(=O)CCc1cc2cc(C)ccc2c(C)n1. The molecule has 0 atom stereocenters. The molecular formula is C16H19NO2. The van der Waals surface area contributed by atoms with Crippen LogP contribution in [0.5, 0.6) is 0 Å². The predicted molar refractivity (Wildman–Crippen MR) is 76.2 cm³/mol. The molecule has 3 heteroatoms. The van der Waals surface area contributed by atoms with E-state index < -0.39 is 0 Å². The normalized spacial score (nSPS) is 10.7. The Hall–Kier alpha value is -1.90. The zero-order valence-electron chi connectivity index (χ0n) is 11.7. The van der Waals surface area contributed by atoms with Gasteiger partial charge in [-0.3, -0.25) is 9.78 Å². The fraction of sp³-hybridized carbons (Fsp3) is 0.375. The maximum Gasteiger partial charge on any atom is 0.306 e. The number of aryl methyl sites for hydroxylation is 3. The van der Waals surface area contributed by atoms with Gasteiger partial charge in [0.1, 0.15) is 0 Å². The number of rotatable bonds is 4. The van der Waals surface area contributed by atoms with E-state index in [-0.39, 0.29) is 5.97 Å². The molecule has 1 heterocycles. The molecule has 3 nitrogen and oxygen atoms in total. The number of carbonyl (C=O) groups is 1. The Morgan fingerprint density at radius 1 is 1.26 bits per heavy atom. The van der Waals surface area contributed by atoms with Crippen molar-refractivity contribution in [1.29, 1.82) is 0 Å². The van der Waals surface area contributed by atoms with E-state index in [1.54, 1.807) is 0 Å². The number of esters is 1. The Balaban J connectivity index is 2.22. The van der Waals surface area contributed by atoms with Crippen molar-refractivity contribution in [1.82, 2.24) is 4.98 Å². The van der Waals surface area contributed by atoms with Crippen molar-refractivity contribution in [3.8, 4) is 0 Å². The van der Waals surface area contributed by atoms with Crippen LogP contribution in [0.4, 0.5) is 0 Å². The van der Waals surface area contributed by atoms with Gasteiger partial charge in [0.05, 0.1) is 13.0 Å². The first kappa shape index (κ1) is 13.5. The molecule has 0 saturated carbocycles. The van der Waals surface area contributed by atoms with Gasteiger partial charge >= 0.3 is 5.97 Å². The molecule has 0 bridgehead atoms. The Kier molecular flexibility index (Phi) is 4.15.